The van der Waals surface area contributed by atoms with E-state index in [2.05, 4.69) is 17.6 Å². The maximum Gasteiger partial charge on any atom is 0.317 e. The molecule has 1 aliphatic rings. The fourth-order valence-electron chi connectivity index (χ4n) is 2.41. The van der Waals surface area contributed by atoms with Crippen molar-refractivity contribution in [3.63, 3.8) is 0 Å². The Morgan fingerprint density at radius 3 is 2.47 bits per heavy atom. The first-order chi connectivity index (χ1) is 8.19. The minimum Gasteiger partial charge on any atom is -0.338 e. The van der Waals surface area contributed by atoms with Gasteiger partial charge in [0.1, 0.15) is 0 Å². The number of rotatable bonds is 5. The van der Waals surface area contributed by atoms with Gasteiger partial charge >= 0.3 is 6.03 Å². The van der Waals surface area contributed by atoms with E-state index >= 15 is 0 Å². The topological polar surface area (TPSA) is 44.4 Å². The third-order valence-electron chi connectivity index (χ3n) is 3.78. The van der Waals surface area contributed by atoms with E-state index in [0.29, 0.717) is 12.1 Å². The van der Waals surface area contributed by atoms with Gasteiger partial charge in [0, 0.05) is 25.7 Å². The van der Waals surface area contributed by atoms with Crippen LogP contribution in [-0.4, -0.2) is 43.7 Å². The van der Waals surface area contributed by atoms with Crippen molar-refractivity contribution < 1.29 is 4.79 Å². The number of carbonyl (C=O) groups is 1. The Balaban J connectivity index is 2.27. The van der Waals surface area contributed by atoms with Crippen LogP contribution in [0, 0.1) is 0 Å². The number of carbonyl (C=O) groups excluding carboxylic acids is 1. The number of nitrogens with zero attached hydrogens (tertiary/aromatic N) is 1. The lowest BCUT2D eigenvalue weighted by atomic mass is 9.90. The third-order valence-corrected chi connectivity index (χ3v) is 3.78. The van der Waals surface area contributed by atoms with Gasteiger partial charge in [0.2, 0.25) is 0 Å². The fraction of sp³-hybridized carbons (Fsp3) is 0.923. The molecule has 0 heterocycles. The summed E-state index contributed by atoms with van der Waals surface area (Å²) >= 11 is 0. The summed E-state index contributed by atoms with van der Waals surface area (Å²) in [5, 5.41) is 6.29. The van der Waals surface area contributed by atoms with Crippen molar-refractivity contribution >= 4 is 6.03 Å². The van der Waals surface area contributed by atoms with E-state index in [1.54, 1.807) is 0 Å². The molecule has 2 amide bonds. The third kappa shape index (κ3) is 4.54. The highest BCUT2D eigenvalue weighted by Crippen LogP contribution is 2.22. The second-order valence-corrected chi connectivity index (χ2v) is 4.99. The summed E-state index contributed by atoms with van der Waals surface area (Å²) in [6.45, 7) is 2.93. The minimum absolute atomic E-state index is 0.0892. The molecule has 0 spiro atoms. The van der Waals surface area contributed by atoms with E-state index in [4.69, 9.17) is 0 Å². The van der Waals surface area contributed by atoms with Crippen molar-refractivity contribution in [3.8, 4) is 0 Å². The Kier molecular flexibility index (Phi) is 6.34. The molecule has 1 rings (SSSR count). The highest BCUT2D eigenvalue weighted by Gasteiger charge is 2.25. The summed E-state index contributed by atoms with van der Waals surface area (Å²) in [5.74, 6) is 0. The summed E-state index contributed by atoms with van der Waals surface area (Å²) in [6, 6.07) is 1.15. The second kappa shape index (κ2) is 7.54. The number of urea groups is 1. The van der Waals surface area contributed by atoms with E-state index in [0.717, 1.165) is 32.2 Å². The Morgan fingerprint density at radius 2 is 1.94 bits per heavy atom. The molecule has 1 aliphatic carbocycles. The molecule has 2 N–H and O–H groups in total. The standard InChI is InChI=1S/C13H27N3O/c1-4-5-10-15-13(17)16(3)12-8-6-11(14-2)7-9-12/h11-12,14H,4-10H2,1-3H3,(H,15,17). The molecular formula is C13H27N3O. The van der Waals surface area contributed by atoms with Gasteiger partial charge in [-0.05, 0) is 39.2 Å². The Hall–Kier alpha value is -0.770. The predicted octanol–water partition coefficient (Wildman–Crippen LogP) is 1.96. The zero-order chi connectivity index (χ0) is 12.7. The first kappa shape index (κ1) is 14.3. The summed E-state index contributed by atoms with van der Waals surface area (Å²) < 4.78 is 0. The van der Waals surface area contributed by atoms with Gasteiger partial charge in [-0.2, -0.15) is 0 Å². The Labute approximate surface area is 105 Å². The second-order valence-electron chi connectivity index (χ2n) is 4.99. The molecule has 0 unspecified atom stereocenters. The van der Waals surface area contributed by atoms with Gasteiger partial charge in [0.25, 0.3) is 0 Å². The van der Waals surface area contributed by atoms with Crippen molar-refractivity contribution in [1.29, 1.82) is 0 Å². The van der Waals surface area contributed by atoms with Crippen molar-refractivity contribution in [2.45, 2.75) is 57.5 Å². The summed E-state index contributed by atoms with van der Waals surface area (Å²) in [7, 11) is 3.94. The number of amides is 2. The first-order valence-electron chi connectivity index (χ1n) is 6.87. The summed E-state index contributed by atoms with van der Waals surface area (Å²) in [5.41, 5.74) is 0. The van der Waals surface area contributed by atoms with Crippen LogP contribution in [0.4, 0.5) is 4.79 Å². The van der Waals surface area contributed by atoms with Crippen LogP contribution in [0.1, 0.15) is 45.4 Å². The minimum atomic E-state index is 0.0892. The molecule has 0 saturated heterocycles. The van der Waals surface area contributed by atoms with E-state index < -0.39 is 0 Å². The zero-order valence-corrected chi connectivity index (χ0v) is 11.5. The molecule has 4 heteroatoms. The molecule has 4 nitrogen and oxygen atoms in total. The SMILES string of the molecule is CCCCNC(=O)N(C)C1CCC(NC)CC1. The molecule has 100 valence electrons. The van der Waals surface area contributed by atoms with E-state index in [1.165, 1.54) is 12.8 Å². The molecule has 0 radical (unpaired) electrons. The van der Waals surface area contributed by atoms with E-state index in [1.807, 2.05) is 19.0 Å². The molecule has 0 aliphatic heterocycles. The lowest BCUT2D eigenvalue weighted by Gasteiger charge is -2.34. The van der Waals surface area contributed by atoms with Gasteiger partial charge in [-0.1, -0.05) is 13.3 Å². The molecule has 1 saturated carbocycles. The summed E-state index contributed by atoms with van der Waals surface area (Å²) in [6.07, 6.45) is 6.76. The van der Waals surface area contributed by atoms with Gasteiger partial charge in [0.15, 0.2) is 0 Å². The van der Waals surface area contributed by atoms with E-state index in [9.17, 15) is 4.79 Å². The first-order valence-corrected chi connectivity index (χ1v) is 6.87. The molecular weight excluding hydrogens is 214 g/mol. The highest BCUT2D eigenvalue weighted by molar-refractivity contribution is 5.74. The average Bonchev–Trinajstić information content (AvgIpc) is 2.38. The van der Waals surface area contributed by atoms with Gasteiger partial charge in [-0.25, -0.2) is 4.79 Å². The smallest absolute Gasteiger partial charge is 0.317 e. The molecule has 0 aromatic heterocycles. The van der Waals surface area contributed by atoms with Gasteiger partial charge in [0.05, 0.1) is 0 Å². The van der Waals surface area contributed by atoms with Crippen LogP contribution in [-0.2, 0) is 0 Å². The highest BCUT2D eigenvalue weighted by atomic mass is 16.2. The molecule has 0 bridgehead atoms. The van der Waals surface area contributed by atoms with Crippen molar-refractivity contribution in [2.75, 3.05) is 20.6 Å². The van der Waals surface area contributed by atoms with E-state index in [-0.39, 0.29) is 6.03 Å². The van der Waals surface area contributed by atoms with Crippen LogP contribution in [0.3, 0.4) is 0 Å². The van der Waals surface area contributed by atoms with Crippen LogP contribution in [0.15, 0.2) is 0 Å². The fourth-order valence-corrected chi connectivity index (χ4v) is 2.41. The molecule has 1 fully saturated rings. The number of hydrogen-bond acceptors (Lipinski definition) is 2. The Morgan fingerprint density at radius 1 is 1.29 bits per heavy atom. The maximum absolute atomic E-state index is 11.9. The lowest BCUT2D eigenvalue weighted by molar-refractivity contribution is 0.167. The number of unbranched alkanes of at least 4 members (excludes halogenated alkanes) is 1. The number of nitrogens with one attached hydrogen (secondary N) is 2. The summed E-state index contributed by atoms with van der Waals surface area (Å²) in [4.78, 5) is 13.8. The quantitative estimate of drug-likeness (QED) is 0.723. The largest absolute Gasteiger partial charge is 0.338 e. The normalized spacial score (nSPS) is 24.4. The van der Waals surface area contributed by atoms with Crippen LogP contribution in [0.5, 0.6) is 0 Å². The van der Waals surface area contributed by atoms with Crippen LogP contribution < -0.4 is 10.6 Å². The maximum atomic E-state index is 11.9. The van der Waals surface area contributed by atoms with Crippen LogP contribution >= 0.6 is 0 Å². The molecule has 0 aromatic carbocycles. The van der Waals surface area contributed by atoms with Crippen LogP contribution in [0.2, 0.25) is 0 Å². The molecule has 17 heavy (non-hydrogen) atoms. The lowest BCUT2D eigenvalue weighted by Crippen LogP contribution is -2.46. The average molecular weight is 241 g/mol. The zero-order valence-electron chi connectivity index (χ0n) is 11.5. The van der Waals surface area contributed by atoms with Gasteiger partial charge in [-0.3, -0.25) is 0 Å². The van der Waals surface area contributed by atoms with Gasteiger partial charge < -0.3 is 15.5 Å². The monoisotopic (exact) mass is 241 g/mol. The molecule has 0 atom stereocenters. The van der Waals surface area contributed by atoms with Crippen molar-refractivity contribution in [1.82, 2.24) is 15.5 Å². The Bertz CT molecular complexity index is 225. The van der Waals surface area contributed by atoms with Crippen molar-refractivity contribution in [2.24, 2.45) is 0 Å². The molecule has 0 aromatic rings. The van der Waals surface area contributed by atoms with Crippen LogP contribution in [0.25, 0.3) is 0 Å². The van der Waals surface area contributed by atoms with Crippen molar-refractivity contribution in [3.05, 3.63) is 0 Å². The number of hydrogen-bond donors (Lipinski definition) is 2. The van der Waals surface area contributed by atoms with Gasteiger partial charge in [-0.15, -0.1) is 0 Å². The predicted molar refractivity (Wildman–Crippen MR) is 71.2 cm³/mol.